The zero-order valence-corrected chi connectivity index (χ0v) is 9.55. The van der Waals surface area contributed by atoms with Gasteiger partial charge >= 0.3 is 0 Å². The molecule has 74 valence electrons. The van der Waals surface area contributed by atoms with E-state index in [4.69, 9.17) is 0 Å². The molecule has 0 spiro atoms. The lowest BCUT2D eigenvalue weighted by atomic mass is 9.91. The number of nitrogens with zero attached hydrogens (tertiary/aromatic N) is 1. The molecule has 2 aliphatic carbocycles. The fourth-order valence-corrected chi connectivity index (χ4v) is 4.10. The van der Waals surface area contributed by atoms with Crippen LogP contribution in [0.25, 0.3) is 0 Å². The van der Waals surface area contributed by atoms with E-state index in [0.717, 1.165) is 17.8 Å². The predicted octanol–water partition coefficient (Wildman–Crippen LogP) is 2.56. The highest BCUT2D eigenvalue weighted by Crippen LogP contribution is 2.50. The number of hydrogen-bond donors (Lipinski definition) is 0. The van der Waals surface area contributed by atoms with Gasteiger partial charge in [-0.15, -0.1) is 0 Å². The molecule has 1 nitrogen and oxygen atoms in total. The second-order valence-electron chi connectivity index (χ2n) is 4.67. The Morgan fingerprint density at radius 3 is 2.71 bits per heavy atom. The first kappa shape index (κ1) is 8.66. The molecule has 2 aliphatic rings. The summed E-state index contributed by atoms with van der Waals surface area (Å²) in [5.41, 5.74) is 3.71. The van der Waals surface area contributed by atoms with Crippen LogP contribution in [0.3, 0.4) is 0 Å². The highest BCUT2D eigenvalue weighted by atomic mass is 32.1. The van der Waals surface area contributed by atoms with Crippen LogP contribution in [0.4, 0.5) is 0 Å². The topological polar surface area (TPSA) is 3.88 Å². The summed E-state index contributed by atoms with van der Waals surface area (Å²) < 4.78 is 2.26. The molecule has 14 heavy (non-hydrogen) atoms. The maximum Gasteiger partial charge on any atom is 0.224 e. The van der Waals surface area contributed by atoms with Crippen molar-refractivity contribution in [3.8, 4) is 0 Å². The molecular weight excluding hydrogens is 190 g/mol. The Bertz CT molecular complexity index is 391. The van der Waals surface area contributed by atoms with Crippen molar-refractivity contribution in [3.05, 3.63) is 28.2 Å². The molecule has 1 heterocycles. The third-order valence-electron chi connectivity index (χ3n) is 3.84. The number of rotatable bonds is 1. The highest BCUT2D eigenvalue weighted by molar-refractivity contribution is 7.09. The predicted molar refractivity (Wildman–Crippen MR) is 58.3 cm³/mol. The molecule has 0 radical (unpaired) electrons. The van der Waals surface area contributed by atoms with Gasteiger partial charge in [-0.1, -0.05) is 23.5 Å². The number of hydrogen-bond acceptors (Lipinski definition) is 1. The molecule has 0 aromatic carbocycles. The lowest BCUT2D eigenvalue weighted by Gasteiger charge is -2.15. The summed E-state index contributed by atoms with van der Waals surface area (Å²) in [5, 5.41) is 0. The van der Waals surface area contributed by atoms with Crippen LogP contribution in [0.15, 0.2) is 17.7 Å². The van der Waals surface area contributed by atoms with Crippen molar-refractivity contribution >= 4 is 11.3 Å². The average molecular weight is 206 g/mol. The lowest BCUT2D eigenvalue weighted by molar-refractivity contribution is -0.673. The SMILES string of the molecule is Cc1c(C2CC3C=CC2C3)sc[n+]1C. The smallest absolute Gasteiger partial charge is 0.195 e. The normalized spacial score (nSPS) is 34.3. The Morgan fingerprint density at radius 1 is 1.36 bits per heavy atom. The molecule has 1 aromatic heterocycles. The summed E-state index contributed by atoms with van der Waals surface area (Å²) in [6.07, 6.45) is 7.66. The summed E-state index contributed by atoms with van der Waals surface area (Å²) in [7, 11) is 2.15. The van der Waals surface area contributed by atoms with Crippen molar-refractivity contribution in [1.29, 1.82) is 0 Å². The summed E-state index contributed by atoms with van der Waals surface area (Å²) in [4.78, 5) is 1.63. The fourth-order valence-electron chi connectivity index (χ4n) is 2.91. The van der Waals surface area contributed by atoms with Gasteiger partial charge in [0.25, 0.3) is 0 Å². The van der Waals surface area contributed by atoms with Gasteiger partial charge in [0.15, 0.2) is 5.69 Å². The quantitative estimate of drug-likeness (QED) is 0.491. The van der Waals surface area contributed by atoms with E-state index in [0.29, 0.717) is 0 Å². The molecule has 0 N–H and O–H groups in total. The minimum atomic E-state index is 0.830. The molecule has 1 fully saturated rings. The molecule has 0 saturated heterocycles. The van der Waals surface area contributed by atoms with E-state index in [9.17, 15) is 0 Å². The third-order valence-corrected chi connectivity index (χ3v) is 5.11. The van der Waals surface area contributed by atoms with Crippen molar-refractivity contribution in [1.82, 2.24) is 0 Å². The van der Waals surface area contributed by atoms with Crippen molar-refractivity contribution < 1.29 is 4.57 Å². The summed E-state index contributed by atoms with van der Waals surface area (Å²) >= 11 is 1.94. The van der Waals surface area contributed by atoms with Gasteiger partial charge in [0.1, 0.15) is 7.05 Å². The van der Waals surface area contributed by atoms with Crippen LogP contribution in [-0.2, 0) is 7.05 Å². The van der Waals surface area contributed by atoms with Gasteiger partial charge in [-0.25, -0.2) is 0 Å². The van der Waals surface area contributed by atoms with Crippen molar-refractivity contribution in [3.63, 3.8) is 0 Å². The number of aryl methyl sites for hydroxylation is 1. The number of aromatic nitrogens is 1. The van der Waals surface area contributed by atoms with Crippen LogP contribution < -0.4 is 4.57 Å². The monoisotopic (exact) mass is 206 g/mol. The van der Waals surface area contributed by atoms with Crippen LogP contribution in [0.5, 0.6) is 0 Å². The van der Waals surface area contributed by atoms with Gasteiger partial charge in [-0.05, 0) is 24.7 Å². The second kappa shape index (κ2) is 2.93. The van der Waals surface area contributed by atoms with E-state index >= 15 is 0 Å². The van der Waals surface area contributed by atoms with Gasteiger partial charge in [-0.2, -0.15) is 4.57 Å². The van der Waals surface area contributed by atoms with E-state index in [1.807, 2.05) is 11.3 Å². The summed E-state index contributed by atoms with van der Waals surface area (Å²) in [6, 6.07) is 0. The molecule has 1 aromatic rings. The largest absolute Gasteiger partial charge is 0.224 e. The van der Waals surface area contributed by atoms with Crippen LogP contribution in [0.2, 0.25) is 0 Å². The van der Waals surface area contributed by atoms with Crippen LogP contribution in [0.1, 0.15) is 29.3 Å². The molecule has 0 amide bonds. The summed E-state index contributed by atoms with van der Waals surface area (Å²) in [6.45, 7) is 2.25. The lowest BCUT2D eigenvalue weighted by Crippen LogP contribution is -2.28. The maximum atomic E-state index is 2.44. The van der Waals surface area contributed by atoms with E-state index in [1.165, 1.54) is 18.5 Å². The van der Waals surface area contributed by atoms with E-state index in [2.05, 4.69) is 36.2 Å². The van der Waals surface area contributed by atoms with Gasteiger partial charge in [0.05, 0.1) is 4.88 Å². The first-order valence-electron chi connectivity index (χ1n) is 5.37. The van der Waals surface area contributed by atoms with Crippen LogP contribution in [0, 0.1) is 18.8 Å². The Balaban J connectivity index is 1.97. The van der Waals surface area contributed by atoms with Gasteiger partial charge < -0.3 is 0 Å². The Morgan fingerprint density at radius 2 is 2.21 bits per heavy atom. The number of fused-ring (bicyclic) bond motifs is 2. The van der Waals surface area contributed by atoms with E-state index in [1.54, 1.807) is 4.88 Å². The maximum absolute atomic E-state index is 2.44. The van der Waals surface area contributed by atoms with Crippen molar-refractivity contribution in [2.45, 2.75) is 25.7 Å². The zero-order chi connectivity index (χ0) is 9.71. The Hall–Kier alpha value is -0.630. The minimum absolute atomic E-state index is 0.830. The Labute approximate surface area is 89.1 Å². The molecular formula is C12H16NS+. The van der Waals surface area contributed by atoms with Gasteiger partial charge in [0.2, 0.25) is 5.51 Å². The molecule has 3 atom stereocenters. The standard InChI is InChI=1S/C12H16NS/c1-8-12(14-7-13(8)2)11-6-9-3-4-10(11)5-9/h3-4,7,9-11H,5-6H2,1-2H3/q+1. The Kier molecular flexibility index (Phi) is 1.81. The highest BCUT2D eigenvalue weighted by Gasteiger charge is 2.39. The second-order valence-corrected chi connectivity index (χ2v) is 5.56. The number of thiazole rings is 1. The first-order valence-corrected chi connectivity index (χ1v) is 6.25. The molecule has 3 unspecified atom stereocenters. The van der Waals surface area contributed by atoms with E-state index in [-0.39, 0.29) is 0 Å². The minimum Gasteiger partial charge on any atom is -0.195 e. The van der Waals surface area contributed by atoms with Crippen LogP contribution in [-0.4, -0.2) is 0 Å². The summed E-state index contributed by atoms with van der Waals surface area (Å²) in [5.74, 6) is 2.56. The molecule has 0 aliphatic heterocycles. The zero-order valence-electron chi connectivity index (χ0n) is 8.73. The molecule has 2 heteroatoms. The third kappa shape index (κ3) is 1.10. The average Bonchev–Trinajstić information content (AvgIpc) is 2.84. The van der Waals surface area contributed by atoms with Crippen molar-refractivity contribution in [2.75, 3.05) is 0 Å². The fraction of sp³-hybridized carbons (Fsp3) is 0.583. The van der Waals surface area contributed by atoms with Gasteiger partial charge in [0, 0.05) is 12.8 Å². The van der Waals surface area contributed by atoms with Gasteiger partial charge in [-0.3, -0.25) is 0 Å². The number of allylic oxidation sites excluding steroid dienone is 2. The van der Waals surface area contributed by atoms with E-state index < -0.39 is 0 Å². The molecule has 2 bridgehead atoms. The molecule has 1 saturated carbocycles. The molecule has 3 rings (SSSR count). The van der Waals surface area contributed by atoms with Crippen LogP contribution >= 0.6 is 11.3 Å². The van der Waals surface area contributed by atoms with Crippen molar-refractivity contribution in [2.24, 2.45) is 18.9 Å². The first-order chi connectivity index (χ1) is 6.75.